The second-order valence-corrected chi connectivity index (χ2v) is 6.80. The molecular formula is C19H30N2O. The lowest BCUT2D eigenvalue weighted by Crippen LogP contribution is -2.38. The van der Waals surface area contributed by atoms with Crippen LogP contribution in [0, 0.1) is 6.92 Å². The fourth-order valence-electron chi connectivity index (χ4n) is 3.28. The normalized spacial score (nSPS) is 16.4. The first-order chi connectivity index (χ1) is 10.6. The molecule has 1 aliphatic carbocycles. The topological polar surface area (TPSA) is 41.1 Å². The van der Waals surface area contributed by atoms with E-state index in [0.29, 0.717) is 18.5 Å². The summed E-state index contributed by atoms with van der Waals surface area (Å²) in [7, 11) is 0. The SMILES string of the molecule is Cc1cccc(C(C)C)c1NCC(=O)NC1CCCCCC1. The summed E-state index contributed by atoms with van der Waals surface area (Å²) in [6, 6.07) is 6.69. The third kappa shape index (κ3) is 4.75. The van der Waals surface area contributed by atoms with Gasteiger partial charge >= 0.3 is 0 Å². The standard InChI is InChI=1S/C19H30N2O/c1-14(2)17-12-8-9-15(3)19(17)20-13-18(22)21-16-10-6-4-5-7-11-16/h8-9,12,14,16,20H,4-7,10-11,13H2,1-3H3,(H,21,22). The van der Waals surface area contributed by atoms with E-state index in [-0.39, 0.29) is 5.91 Å². The van der Waals surface area contributed by atoms with Gasteiger partial charge in [0.15, 0.2) is 0 Å². The second kappa shape index (κ2) is 8.21. The van der Waals surface area contributed by atoms with E-state index in [1.807, 2.05) is 0 Å². The number of aryl methyl sites for hydroxylation is 1. The molecule has 3 heteroatoms. The number of rotatable bonds is 5. The number of amides is 1. The first-order valence-corrected chi connectivity index (χ1v) is 8.70. The highest BCUT2D eigenvalue weighted by atomic mass is 16.1. The van der Waals surface area contributed by atoms with E-state index in [4.69, 9.17) is 0 Å². The zero-order valence-electron chi connectivity index (χ0n) is 14.2. The predicted molar refractivity (Wildman–Crippen MR) is 93.4 cm³/mol. The molecule has 0 heterocycles. The Morgan fingerprint density at radius 1 is 1.18 bits per heavy atom. The Bertz CT molecular complexity index is 488. The fourth-order valence-corrected chi connectivity index (χ4v) is 3.28. The van der Waals surface area contributed by atoms with Gasteiger partial charge in [0.05, 0.1) is 6.54 Å². The number of benzene rings is 1. The molecule has 1 amide bonds. The third-order valence-corrected chi connectivity index (χ3v) is 4.57. The van der Waals surface area contributed by atoms with E-state index in [1.54, 1.807) is 0 Å². The largest absolute Gasteiger partial charge is 0.376 e. The summed E-state index contributed by atoms with van der Waals surface area (Å²) in [6.45, 7) is 6.83. The monoisotopic (exact) mass is 302 g/mol. The van der Waals surface area contributed by atoms with Crippen molar-refractivity contribution in [3.8, 4) is 0 Å². The lowest BCUT2D eigenvalue weighted by Gasteiger charge is -2.19. The molecule has 0 unspecified atom stereocenters. The second-order valence-electron chi connectivity index (χ2n) is 6.80. The molecule has 22 heavy (non-hydrogen) atoms. The van der Waals surface area contributed by atoms with E-state index in [0.717, 1.165) is 18.5 Å². The molecule has 2 N–H and O–H groups in total. The van der Waals surface area contributed by atoms with Crippen LogP contribution in [0.2, 0.25) is 0 Å². The molecule has 1 aromatic carbocycles. The number of carbonyl (C=O) groups is 1. The van der Waals surface area contributed by atoms with Crippen molar-refractivity contribution in [1.29, 1.82) is 0 Å². The highest BCUT2D eigenvalue weighted by Crippen LogP contribution is 2.27. The van der Waals surface area contributed by atoms with Crippen molar-refractivity contribution in [2.75, 3.05) is 11.9 Å². The zero-order valence-corrected chi connectivity index (χ0v) is 14.2. The summed E-state index contributed by atoms with van der Waals surface area (Å²) in [5.41, 5.74) is 3.60. The first kappa shape index (κ1) is 16.9. The highest BCUT2D eigenvalue weighted by molar-refractivity contribution is 5.81. The van der Waals surface area contributed by atoms with Crippen LogP contribution in [0.1, 0.15) is 69.4 Å². The summed E-state index contributed by atoms with van der Waals surface area (Å²) in [5, 5.41) is 6.55. The van der Waals surface area contributed by atoms with Crippen molar-refractivity contribution in [3.05, 3.63) is 29.3 Å². The molecule has 0 radical (unpaired) electrons. The number of hydrogen-bond donors (Lipinski definition) is 2. The number of nitrogens with one attached hydrogen (secondary N) is 2. The molecule has 0 bridgehead atoms. The molecule has 122 valence electrons. The Morgan fingerprint density at radius 2 is 1.86 bits per heavy atom. The molecule has 1 aromatic rings. The molecule has 0 atom stereocenters. The molecule has 0 aromatic heterocycles. The van der Waals surface area contributed by atoms with Crippen LogP contribution in [-0.2, 0) is 4.79 Å². The van der Waals surface area contributed by atoms with Gasteiger partial charge in [0, 0.05) is 11.7 Å². The van der Waals surface area contributed by atoms with Crippen LogP contribution in [0.25, 0.3) is 0 Å². The molecule has 1 fully saturated rings. The van der Waals surface area contributed by atoms with Crippen molar-refractivity contribution in [3.63, 3.8) is 0 Å². The van der Waals surface area contributed by atoms with Crippen LogP contribution in [-0.4, -0.2) is 18.5 Å². The van der Waals surface area contributed by atoms with Crippen LogP contribution < -0.4 is 10.6 Å². The third-order valence-electron chi connectivity index (χ3n) is 4.57. The maximum Gasteiger partial charge on any atom is 0.239 e. The van der Waals surface area contributed by atoms with Crippen LogP contribution in [0.4, 0.5) is 5.69 Å². The minimum Gasteiger partial charge on any atom is -0.376 e. The maximum atomic E-state index is 12.2. The Labute approximate surface area is 134 Å². The van der Waals surface area contributed by atoms with Gasteiger partial charge in [0.1, 0.15) is 0 Å². The van der Waals surface area contributed by atoms with Gasteiger partial charge < -0.3 is 10.6 Å². The molecule has 3 nitrogen and oxygen atoms in total. The molecule has 1 aliphatic rings. The fraction of sp³-hybridized carbons (Fsp3) is 0.632. The summed E-state index contributed by atoms with van der Waals surface area (Å²) >= 11 is 0. The Hall–Kier alpha value is -1.51. The van der Waals surface area contributed by atoms with Gasteiger partial charge in [-0.3, -0.25) is 4.79 Å². The van der Waals surface area contributed by atoms with E-state index >= 15 is 0 Å². The molecular weight excluding hydrogens is 272 g/mol. The van der Waals surface area contributed by atoms with Crippen molar-refractivity contribution in [1.82, 2.24) is 5.32 Å². The van der Waals surface area contributed by atoms with E-state index in [1.165, 1.54) is 36.8 Å². The summed E-state index contributed by atoms with van der Waals surface area (Å²) in [5.74, 6) is 0.567. The number of carbonyl (C=O) groups excluding carboxylic acids is 1. The van der Waals surface area contributed by atoms with Crippen molar-refractivity contribution in [2.24, 2.45) is 0 Å². The lowest BCUT2D eigenvalue weighted by atomic mass is 9.98. The quantitative estimate of drug-likeness (QED) is 0.793. The van der Waals surface area contributed by atoms with Gasteiger partial charge in [0.2, 0.25) is 5.91 Å². The summed E-state index contributed by atoms with van der Waals surface area (Å²) in [6.07, 6.45) is 7.37. The summed E-state index contributed by atoms with van der Waals surface area (Å²) < 4.78 is 0. The van der Waals surface area contributed by atoms with Gasteiger partial charge in [-0.15, -0.1) is 0 Å². The van der Waals surface area contributed by atoms with Gasteiger partial charge in [0.25, 0.3) is 0 Å². The molecule has 0 spiro atoms. The van der Waals surface area contributed by atoms with E-state index in [2.05, 4.69) is 49.6 Å². The lowest BCUT2D eigenvalue weighted by molar-refractivity contribution is -0.120. The Balaban J connectivity index is 1.91. The average molecular weight is 302 g/mol. The Kier molecular flexibility index (Phi) is 6.29. The maximum absolute atomic E-state index is 12.2. The molecule has 0 aliphatic heterocycles. The van der Waals surface area contributed by atoms with Crippen LogP contribution >= 0.6 is 0 Å². The summed E-state index contributed by atoms with van der Waals surface area (Å²) in [4.78, 5) is 12.2. The highest BCUT2D eigenvalue weighted by Gasteiger charge is 2.15. The minimum atomic E-state index is 0.116. The zero-order chi connectivity index (χ0) is 15.9. The number of para-hydroxylation sites is 1. The van der Waals surface area contributed by atoms with Crippen molar-refractivity contribution < 1.29 is 4.79 Å². The van der Waals surface area contributed by atoms with Crippen LogP contribution in [0.15, 0.2) is 18.2 Å². The molecule has 0 saturated heterocycles. The van der Waals surface area contributed by atoms with Crippen molar-refractivity contribution >= 4 is 11.6 Å². The van der Waals surface area contributed by atoms with Gasteiger partial charge in [-0.05, 0) is 36.8 Å². The van der Waals surface area contributed by atoms with Gasteiger partial charge in [-0.1, -0.05) is 57.7 Å². The van der Waals surface area contributed by atoms with Gasteiger partial charge in [-0.25, -0.2) is 0 Å². The Morgan fingerprint density at radius 3 is 2.50 bits per heavy atom. The molecule has 1 saturated carbocycles. The smallest absolute Gasteiger partial charge is 0.239 e. The number of anilines is 1. The van der Waals surface area contributed by atoms with Gasteiger partial charge in [-0.2, -0.15) is 0 Å². The van der Waals surface area contributed by atoms with E-state index in [9.17, 15) is 4.79 Å². The van der Waals surface area contributed by atoms with Crippen molar-refractivity contribution in [2.45, 2.75) is 71.3 Å². The first-order valence-electron chi connectivity index (χ1n) is 8.70. The predicted octanol–water partition coefficient (Wildman–Crippen LogP) is 4.37. The minimum absolute atomic E-state index is 0.116. The van der Waals surface area contributed by atoms with Crippen LogP contribution in [0.3, 0.4) is 0 Å². The average Bonchev–Trinajstić information content (AvgIpc) is 2.74. The van der Waals surface area contributed by atoms with Crippen LogP contribution in [0.5, 0.6) is 0 Å². The number of hydrogen-bond acceptors (Lipinski definition) is 2. The van der Waals surface area contributed by atoms with E-state index < -0.39 is 0 Å². The molecule has 2 rings (SSSR count).